The van der Waals surface area contributed by atoms with Gasteiger partial charge in [0.25, 0.3) is 0 Å². The van der Waals surface area contributed by atoms with Crippen molar-refractivity contribution in [1.29, 1.82) is 0 Å². The van der Waals surface area contributed by atoms with Gasteiger partial charge in [0.05, 0.1) is 12.1 Å². The Morgan fingerprint density at radius 2 is 2.29 bits per heavy atom. The molecule has 1 amide bonds. The number of nitrogens with one attached hydrogen (secondary N) is 1. The first-order valence-electron chi connectivity index (χ1n) is 5.29. The zero-order chi connectivity index (χ0) is 12.7. The van der Waals surface area contributed by atoms with Crippen LogP contribution in [0.4, 0.5) is 5.69 Å². The van der Waals surface area contributed by atoms with Crippen molar-refractivity contribution in [3.8, 4) is 5.75 Å². The van der Waals surface area contributed by atoms with E-state index in [4.69, 9.17) is 16.3 Å². The molecule has 0 bridgehead atoms. The Morgan fingerprint density at radius 1 is 1.53 bits per heavy atom. The molecule has 0 atom stereocenters. The number of anilines is 1. The molecule has 0 aliphatic rings. The number of halogens is 1. The van der Waals surface area contributed by atoms with E-state index < -0.39 is 0 Å². The number of amides is 1. The molecule has 0 heterocycles. The first-order chi connectivity index (χ1) is 8.17. The SMILES string of the molecule is COc1ccc(NC(=O)CCCSC)cc1Cl. The molecule has 0 aliphatic heterocycles. The van der Waals surface area contributed by atoms with E-state index in [1.165, 1.54) is 0 Å². The molecule has 0 spiro atoms. The van der Waals surface area contributed by atoms with Crippen molar-refractivity contribution >= 4 is 35.0 Å². The van der Waals surface area contributed by atoms with Gasteiger partial charge in [-0.15, -0.1) is 0 Å². The molecule has 94 valence electrons. The van der Waals surface area contributed by atoms with Crippen molar-refractivity contribution in [3.05, 3.63) is 23.2 Å². The second kappa shape index (κ2) is 7.45. The number of carbonyl (C=O) groups is 1. The van der Waals surface area contributed by atoms with Crippen LogP contribution in [-0.2, 0) is 4.79 Å². The fraction of sp³-hybridized carbons (Fsp3) is 0.417. The highest BCUT2D eigenvalue weighted by molar-refractivity contribution is 7.98. The first kappa shape index (κ1) is 14.2. The Labute approximate surface area is 111 Å². The Hall–Kier alpha value is -0.870. The van der Waals surface area contributed by atoms with Crippen LogP contribution in [0.2, 0.25) is 5.02 Å². The van der Waals surface area contributed by atoms with Crippen molar-refractivity contribution < 1.29 is 9.53 Å². The zero-order valence-corrected chi connectivity index (χ0v) is 11.5. The minimum Gasteiger partial charge on any atom is -0.495 e. The van der Waals surface area contributed by atoms with Gasteiger partial charge >= 0.3 is 0 Å². The summed E-state index contributed by atoms with van der Waals surface area (Å²) in [6.45, 7) is 0. The summed E-state index contributed by atoms with van der Waals surface area (Å²) >= 11 is 7.70. The number of methoxy groups -OCH3 is 1. The largest absolute Gasteiger partial charge is 0.495 e. The predicted octanol–water partition coefficient (Wildman–Crippen LogP) is 3.43. The minimum atomic E-state index is 0.0142. The molecule has 1 rings (SSSR count). The molecule has 3 nitrogen and oxygen atoms in total. The van der Waals surface area contributed by atoms with Gasteiger partial charge in [0, 0.05) is 12.1 Å². The standard InChI is InChI=1S/C12H16ClNO2S/c1-16-11-6-5-9(8-10(11)13)14-12(15)4-3-7-17-2/h5-6,8H,3-4,7H2,1-2H3,(H,14,15). The molecule has 1 aromatic carbocycles. The van der Waals surface area contributed by atoms with E-state index in [-0.39, 0.29) is 5.91 Å². The number of carbonyl (C=O) groups excluding carboxylic acids is 1. The second-order valence-corrected chi connectivity index (χ2v) is 4.89. The third kappa shape index (κ3) is 4.88. The van der Waals surface area contributed by atoms with Crippen LogP contribution >= 0.6 is 23.4 Å². The highest BCUT2D eigenvalue weighted by Crippen LogP contribution is 2.27. The van der Waals surface area contributed by atoms with Gasteiger partial charge in [-0.2, -0.15) is 11.8 Å². The smallest absolute Gasteiger partial charge is 0.224 e. The zero-order valence-electron chi connectivity index (χ0n) is 9.96. The maximum Gasteiger partial charge on any atom is 0.224 e. The summed E-state index contributed by atoms with van der Waals surface area (Å²) in [5, 5.41) is 3.30. The van der Waals surface area contributed by atoms with E-state index in [1.807, 2.05) is 6.26 Å². The first-order valence-corrected chi connectivity index (χ1v) is 7.07. The van der Waals surface area contributed by atoms with Crippen molar-refractivity contribution in [2.45, 2.75) is 12.8 Å². The van der Waals surface area contributed by atoms with Gasteiger partial charge in [0.15, 0.2) is 0 Å². The van der Waals surface area contributed by atoms with Gasteiger partial charge in [-0.25, -0.2) is 0 Å². The fourth-order valence-electron chi connectivity index (χ4n) is 1.34. The third-order valence-corrected chi connectivity index (χ3v) is 3.18. The maximum atomic E-state index is 11.6. The van der Waals surface area contributed by atoms with Crippen LogP contribution in [0.5, 0.6) is 5.75 Å². The summed E-state index contributed by atoms with van der Waals surface area (Å²) in [6.07, 6.45) is 3.45. The van der Waals surface area contributed by atoms with E-state index in [1.54, 1.807) is 37.1 Å². The normalized spacial score (nSPS) is 10.1. The monoisotopic (exact) mass is 273 g/mol. The van der Waals surface area contributed by atoms with Gasteiger partial charge < -0.3 is 10.1 Å². The molecule has 1 aromatic rings. The second-order valence-electron chi connectivity index (χ2n) is 3.49. The highest BCUT2D eigenvalue weighted by Gasteiger charge is 2.05. The van der Waals surface area contributed by atoms with E-state index in [0.717, 1.165) is 12.2 Å². The maximum absolute atomic E-state index is 11.6. The van der Waals surface area contributed by atoms with Gasteiger partial charge in [0.1, 0.15) is 5.75 Å². The topological polar surface area (TPSA) is 38.3 Å². The molecule has 0 saturated heterocycles. The highest BCUT2D eigenvalue weighted by atomic mass is 35.5. The quantitative estimate of drug-likeness (QED) is 0.807. The number of benzene rings is 1. The van der Waals surface area contributed by atoms with E-state index in [9.17, 15) is 4.79 Å². The van der Waals surface area contributed by atoms with Crippen molar-refractivity contribution in [1.82, 2.24) is 0 Å². The number of thioether (sulfide) groups is 1. The third-order valence-electron chi connectivity index (χ3n) is 2.19. The lowest BCUT2D eigenvalue weighted by atomic mass is 10.2. The molecule has 0 saturated carbocycles. The summed E-state index contributed by atoms with van der Waals surface area (Å²) in [5.74, 6) is 1.61. The van der Waals surface area contributed by atoms with Crippen LogP contribution in [0.3, 0.4) is 0 Å². The molecule has 0 radical (unpaired) electrons. The van der Waals surface area contributed by atoms with Crippen molar-refractivity contribution in [3.63, 3.8) is 0 Å². The Bertz CT molecular complexity index is 385. The lowest BCUT2D eigenvalue weighted by Gasteiger charge is -2.07. The lowest BCUT2D eigenvalue weighted by Crippen LogP contribution is -2.11. The van der Waals surface area contributed by atoms with Gasteiger partial charge in [0.2, 0.25) is 5.91 Å². The molecule has 5 heteroatoms. The lowest BCUT2D eigenvalue weighted by molar-refractivity contribution is -0.116. The van der Waals surface area contributed by atoms with Crippen LogP contribution in [0.1, 0.15) is 12.8 Å². The molecular formula is C12H16ClNO2S. The molecule has 0 aliphatic carbocycles. The van der Waals surface area contributed by atoms with Crippen LogP contribution in [0.15, 0.2) is 18.2 Å². The number of ether oxygens (including phenoxy) is 1. The average molecular weight is 274 g/mol. The van der Waals surface area contributed by atoms with Crippen molar-refractivity contribution in [2.75, 3.05) is 24.4 Å². The summed E-state index contributed by atoms with van der Waals surface area (Å²) in [6, 6.07) is 5.20. The number of hydrogen-bond acceptors (Lipinski definition) is 3. The number of hydrogen-bond donors (Lipinski definition) is 1. The predicted molar refractivity (Wildman–Crippen MR) is 74.2 cm³/mol. The Balaban J connectivity index is 2.51. The van der Waals surface area contributed by atoms with E-state index in [2.05, 4.69) is 5.32 Å². The summed E-state index contributed by atoms with van der Waals surface area (Å²) in [7, 11) is 1.56. The Kier molecular flexibility index (Phi) is 6.22. The average Bonchev–Trinajstić information content (AvgIpc) is 2.29. The van der Waals surface area contributed by atoms with Crippen LogP contribution < -0.4 is 10.1 Å². The molecule has 17 heavy (non-hydrogen) atoms. The van der Waals surface area contributed by atoms with Gasteiger partial charge in [-0.3, -0.25) is 4.79 Å². The van der Waals surface area contributed by atoms with Crippen LogP contribution in [0, 0.1) is 0 Å². The molecule has 0 aromatic heterocycles. The van der Waals surface area contributed by atoms with Crippen LogP contribution in [0.25, 0.3) is 0 Å². The number of rotatable bonds is 6. The summed E-state index contributed by atoms with van der Waals surface area (Å²) in [5.41, 5.74) is 0.699. The Morgan fingerprint density at radius 3 is 2.88 bits per heavy atom. The molecule has 0 fully saturated rings. The molecular weight excluding hydrogens is 258 g/mol. The minimum absolute atomic E-state index is 0.0142. The summed E-state index contributed by atoms with van der Waals surface area (Å²) in [4.78, 5) is 11.6. The van der Waals surface area contributed by atoms with Crippen LogP contribution in [-0.4, -0.2) is 25.0 Å². The van der Waals surface area contributed by atoms with Gasteiger partial charge in [-0.1, -0.05) is 11.6 Å². The fourth-order valence-corrected chi connectivity index (χ4v) is 2.04. The van der Waals surface area contributed by atoms with Crippen molar-refractivity contribution in [2.24, 2.45) is 0 Å². The molecule has 0 unspecified atom stereocenters. The van der Waals surface area contributed by atoms with E-state index in [0.29, 0.717) is 22.9 Å². The van der Waals surface area contributed by atoms with Gasteiger partial charge in [-0.05, 0) is 36.6 Å². The molecule has 1 N–H and O–H groups in total. The summed E-state index contributed by atoms with van der Waals surface area (Å²) < 4.78 is 5.04. The van der Waals surface area contributed by atoms with E-state index >= 15 is 0 Å².